The third-order valence-electron chi connectivity index (χ3n) is 5.43. The zero-order valence-corrected chi connectivity index (χ0v) is 15.2. The van der Waals surface area contributed by atoms with E-state index < -0.39 is 0 Å². The minimum atomic E-state index is 0.0987. The van der Waals surface area contributed by atoms with E-state index in [0.29, 0.717) is 12.3 Å². The average Bonchev–Trinajstić information content (AvgIpc) is 2.68. The Labute approximate surface area is 150 Å². The minimum absolute atomic E-state index is 0.0987. The van der Waals surface area contributed by atoms with Gasteiger partial charge in [-0.15, -0.1) is 0 Å². The number of carbonyl (C=O) groups excluding carboxylic acids is 2. The number of hydrogen-bond donors (Lipinski definition) is 0. The van der Waals surface area contributed by atoms with Gasteiger partial charge in [-0.05, 0) is 18.4 Å². The summed E-state index contributed by atoms with van der Waals surface area (Å²) in [6.07, 6.45) is 2.19. The molecule has 0 saturated carbocycles. The first-order valence-corrected chi connectivity index (χ1v) is 9.50. The smallest absolute Gasteiger partial charge is 0.225 e. The molecule has 136 valence electrons. The molecule has 5 heteroatoms. The molecule has 2 saturated heterocycles. The molecule has 2 amide bonds. The Balaban J connectivity index is 1.43. The van der Waals surface area contributed by atoms with Gasteiger partial charge >= 0.3 is 0 Å². The standard InChI is InChI=1S/C20H29N3O2/c1-2-19(24)22-10-8-18(9-11-22)20(25)23-14-12-21(13-15-23)16-17-6-4-3-5-7-17/h3-7,18H,2,8-16H2,1H3. The summed E-state index contributed by atoms with van der Waals surface area (Å²) in [7, 11) is 0. The van der Waals surface area contributed by atoms with Crippen molar-refractivity contribution in [1.82, 2.24) is 14.7 Å². The Hall–Kier alpha value is -1.88. The van der Waals surface area contributed by atoms with Crippen LogP contribution in [0.2, 0.25) is 0 Å². The van der Waals surface area contributed by atoms with Crippen LogP contribution in [0.25, 0.3) is 0 Å². The molecule has 5 nitrogen and oxygen atoms in total. The van der Waals surface area contributed by atoms with Crippen molar-refractivity contribution in [2.75, 3.05) is 39.3 Å². The maximum Gasteiger partial charge on any atom is 0.225 e. The SMILES string of the molecule is CCC(=O)N1CCC(C(=O)N2CCN(Cc3ccccc3)CC2)CC1. The third-order valence-corrected chi connectivity index (χ3v) is 5.43. The van der Waals surface area contributed by atoms with Gasteiger partial charge in [-0.25, -0.2) is 0 Å². The Morgan fingerprint density at radius 2 is 1.56 bits per heavy atom. The molecule has 2 aliphatic heterocycles. The second-order valence-electron chi connectivity index (χ2n) is 7.10. The van der Waals surface area contributed by atoms with Crippen molar-refractivity contribution in [3.8, 4) is 0 Å². The van der Waals surface area contributed by atoms with Crippen LogP contribution in [-0.4, -0.2) is 65.8 Å². The number of piperidine rings is 1. The topological polar surface area (TPSA) is 43.9 Å². The van der Waals surface area contributed by atoms with E-state index in [-0.39, 0.29) is 11.8 Å². The fraction of sp³-hybridized carbons (Fsp3) is 0.600. The zero-order chi connectivity index (χ0) is 17.6. The van der Waals surface area contributed by atoms with Crippen LogP contribution in [-0.2, 0) is 16.1 Å². The van der Waals surface area contributed by atoms with Crippen molar-refractivity contribution in [3.05, 3.63) is 35.9 Å². The number of hydrogen-bond acceptors (Lipinski definition) is 3. The third kappa shape index (κ3) is 4.60. The number of carbonyl (C=O) groups is 2. The van der Waals surface area contributed by atoms with Crippen molar-refractivity contribution in [2.24, 2.45) is 5.92 Å². The van der Waals surface area contributed by atoms with Crippen LogP contribution >= 0.6 is 0 Å². The quantitative estimate of drug-likeness (QED) is 0.840. The molecule has 0 aliphatic carbocycles. The molecule has 0 spiro atoms. The predicted molar refractivity (Wildman–Crippen MR) is 97.9 cm³/mol. The van der Waals surface area contributed by atoms with Crippen molar-refractivity contribution in [3.63, 3.8) is 0 Å². The maximum atomic E-state index is 12.8. The van der Waals surface area contributed by atoms with Gasteiger partial charge in [-0.2, -0.15) is 0 Å². The summed E-state index contributed by atoms with van der Waals surface area (Å²) in [5.41, 5.74) is 1.33. The lowest BCUT2D eigenvalue weighted by atomic mass is 9.94. The van der Waals surface area contributed by atoms with Crippen molar-refractivity contribution >= 4 is 11.8 Å². The Morgan fingerprint density at radius 1 is 0.920 bits per heavy atom. The Bertz CT molecular complexity index is 574. The molecule has 0 N–H and O–H groups in total. The van der Waals surface area contributed by atoms with Crippen LogP contribution in [0.3, 0.4) is 0 Å². The number of likely N-dealkylation sites (tertiary alicyclic amines) is 1. The van der Waals surface area contributed by atoms with Crippen LogP contribution in [0.1, 0.15) is 31.7 Å². The van der Waals surface area contributed by atoms with E-state index in [1.165, 1.54) is 5.56 Å². The first-order chi connectivity index (χ1) is 12.2. The number of rotatable bonds is 4. The molecule has 0 unspecified atom stereocenters. The summed E-state index contributed by atoms with van der Waals surface area (Å²) < 4.78 is 0. The van der Waals surface area contributed by atoms with Gasteiger partial charge in [0, 0.05) is 58.2 Å². The van der Waals surface area contributed by atoms with E-state index in [9.17, 15) is 9.59 Å². The van der Waals surface area contributed by atoms with Gasteiger partial charge in [0.2, 0.25) is 11.8 Å². The van der Waals surface area contributed by atoms with Gasteiger partial charge in [0.15, 0.2) is 0 Å². The lowest BCUT2D eigenvalue weighted by Crippen LogP contribution is -2.51. The van der Waals surface area contributed by atoms with Gasteiger partial charge in [0.05, 0.1) is 0 Å². The van der Waals surface area contributed by atoms with Crippen LogP contribution in [0, 0.1) is 5.92 Å². The van der Waals surface area contributed by atoms with E-state index in [1.807, 2.05) is 22.8 Å². The highest BCUT2D eigenvalue weighted by atomic mass is 16.2. The van der Waals surface area contributed by atoms with E-state index in [4.69, 9.17) is 0 Å². The molecule has 2 fully saturated rings. The number of amides is 2. The van der Waals surface area contributed by atoms with Crippen LogP contribution < -0.4 is 0 Å². The van der Waals surface area contributed by atoms with Crippen molar-refractivity contribution in [2.45, 2.75) is 32.7 Å². The van der Waals surface area contributed by atoms with Gasteiger partial charge in [0.1, 0.15) is 0 Å². The molecular weight excluding hydrogens is 314 g/mol. The van der Waals surface area contributed by atoms with Gasteiger partial charge in [0.25, 0.3) is 0 Å². The summed E-state index contributed by atoms with van der Waals surface area (Å²) in [5, 5.41) is 0. The van der Waals surface area contributed by atoms with Crippen LogP contribution in [0.4, 0.5) is 0 Å². The molecule has 1 aromatic rings. The lowest BCUT2D eigenvalue weighted by Gasteiger charge is -2.38. The monoisotopic (exact) mass is 343 g/mol. The van der Waals surface area contributed by atoms with Crippen LogP contribution in [0.5, 0.6) is 0 Å². The van der Waals surface area contributed by atoms with E-state index in [1.54, 1.807) is 0 Å². The van der Waals surface area contributed by atoms with Gasteiger partial charge in [-0.3, -0.25) is 14.5 Å². The molecule has 2 heterocycles. The van der Waals surface area contributed by atoms with E-state index in [2.05, 4.69) is 29.2 Å². The van der Waals surface area contributed by atoms with Crippen molar-refractivity contribution < 1.29 is 9.59 Å². The first kappa shape index (κ1) is 17.9. The summed E-state index contributed by atoms with van der Waals surface area (Å²) in [6, 6.07) is 10.5. The van der Waals surface area contributed by atoms with E-state index in [0.717, 1.165) is 58.7 Å². The number of piperazine rings is 1. The molecular formula is C20H29N3O2. The number of nitrogens with zero attached hydrogens (tertiary/aromatic N) is 3. The highest BCUT2D eigenvalue weighted by Crippen LogP contribution is 2.21. The summed E-state index contributed by atoms with van der Waals surface area (Å²) in [4.78, 5) is 30.9. The molecule has 0 aromatic heterocycles. The highest BCUT2D eigenvalue weighted by Gasteiger charge is 2.31. The predicted octanol–water partition coefficient (Wildman–Crippen LogP) is 1.98. The number of benzene rings is 1. The van der Waals surface area contributed by atoms with Crippen molar-refractivity contribution in [1.29, 1.82) is 0 Å². The second kappa shape index (κ2) is 8.48. The molecule has 2 aliphatic rings. The molecule has 3 rings (SSSR count). The lowest BCUT2D eigenvalue weighted by molar-refractivity contribution is -0.142. The maximum absolute atomic E-state index is 12.8. The summed E-state index contributed by atoms with van der Waals surface area (Å²) in [6.45, 7) is 7.84. The normalized spacial score (nSPS) is 19.9. The fourth-order valence-corrected chi connectivity index (χ4v) is 3.83. The molecule has 0 bridgehead atoms. The minimum Gasteiger partial charge on any atom is -0.343 e. The summed E-state index contributed by atoms with van der Waals surface area (Å²) >= 11 is 0. The Morgan fingerprint density at radius 3 is 2.16 bits per heavy atom. The largest absolute Gasteiger partial charge is 0.343 e. The van der Waals surface area contributed by atoms with Crippen LogP contribution in [0.15, 0.2) is 30.3 Å². The zero-order valence-electron chi connectivity index (χ0n) is 15.2. The second-order valence-corrected chi connectivity index (χ2v) is 7.10. The molecule has 25 heavy (non-hydrogen) atoms. The van der Waals surface area contributed by atoms with Gasteiger partial charge in [-0.1, -0.05) is 37.3 Å². The van der Waals surface area contributed by atoms with E-state index >= 15 is 0 Å². The Kier molecular flexibility index (Phi) is 6.08. The molecule has 1 aromatic carbocycles. The van der Waals surface area contributed by atoms with Gasteiger partial charge < -0.3 is 9.80 Å². The summed E-state index contributed by atoms with van der Waals surface area (Å²) in [5.74, 6) is 0.602. The molecule has 0 radical (unpaired) electrons. The average molecular weight is 343 g/mol. The highest BCUT2D eigenvalue weighted by molar-refractivity contribution is 5.80. The first-order valence-electron chi connectivity index (χ1n) is 9.50. The fourth-order valence-electron chi connectivity index (χ4n) is 3.83. The molecule has 0 atom stereocenters.